The third kappa shape index (κ3) is 4.05. The number of fused-ring (bicyclic) bond motifs is 9. The second kappa shape index (κ2) is 10.8. The van der Waals surface area contributed by atoms with Gasteiger partial charge in [-0.1, -0.05) is 103 Å². The summed E-state index contributed by atoms with van der Waals surface area (Å²) in [5, 5.41) is 7.37. The van der Waals surface area contributed by atoms with Crippen molar-refractivity contribution in [1.82, 2.24) is 18.7 Å². The van der Waals surface area contributed by atoms with Crippen molar-refractivity contribution in [2.45, 2.75) is 0 Å². The molecule has 0 atom stereocenters. The number of para-hydroxylation sites is 5. The molecule has 0 spiro atoms. The van der Waals surface area contributed by atoms with Crippen LogP contribution >= 0.6 is 0 Å². The topological polar surface area (TPSA) is 27.7 Å². The van der Waals surface area contributed by atoms with Crippen LogP contribution in [-0.4, -0.2) is 18.7 Å². The van der Waals surface area contributed by atoms with Gasteiger partial charge in [-0.25, -0.2) is 4.98 Å². The number of aromatic nitrogens is 4. The fourth-order valence-electron chi connectivity index (χ4n) is 8.33. The van der Waals surface area contributed by atoms with E-state index in [0.717, 1.165) is 28.2 Å². The summed E-state index contributed by atoms with van der Waals surface area (Å²) >= 11 is 0. The van der Waals surface area contributed by atoms with E-state index in [1.54, 1.807) is 0 Å². The maximum absolute atomic E-state index is 4.74. The molecule has 7 aromatic carbocycles. The Hall–Kier alpha value is -6.91. The Morgan fingerprint density at radius 2 is 0.843 bits per heavy atom. The molecule has 0 unspecified atom stereocenters. The van der Waals surface area contributed by atoms with Gasteiger partial charge in [-0.05, 0) is 83.9 Å². The van der Waals surface area contributed by atoms with Crippen molar-refractivity contribution in [3.63, 3.8) is 0 Å². The zero-order valence-corrected chi connectivity index (χ0v) is 27.6. The molecule has 0 fully saturated rings. The highest BCUT2D eigenvalue weighted by molar-refractivity contribution is 6.17. The van der Waals surface area contributed by atoms with Crippen LogP contribution in [0.25, 0.3) is 93.7 Å². The fourth-order valence-corrected chi connectivity index (χ4v) is 8.33. The van der Waals surface area contributed by atoms with Gasteiger partial charge in [-0.3, -0.25) is 4.57 Å². The van der Waals surface area contributed by atoms with E-state index in [1.807, 2.05) is 12.3 Å². The minimum atomic E-state index is 0.917. The summed E-state index contributed by atoms with van der Waals surface area (Å²) in [6.45, 7) is 0. The molecule has 11 rings (SSSR count). The molecule has 11 aromatic rings. The van der Waals surface area contributed by atoms with E-state index in [2.05, 4.69) is 184 Å². The maximum Gasteiger partial charge on any atom is 0.137 e. The smallest absolute Gasteiger partial charge is 0.137 e. The first kappa shape index (κ1) is 28.0. The SMILES string of the molecule is c1ccc(-n2c3ccccc3c3cc(-c4ccc5c(c4)c4ccccc4n5-c4ccccn4)cc(-n4c5ccccc5c5ccccc54)c32)cc1. The molecule has 0 aliphatic carbocycles. The highest BCUT2D eigenvalue weighted by atomic mass is 15.1. The molecule has 0 saturated heterocycles. The average Bonchev–Trinajstić information content (AvgIpc) is 3.84. The molecule has 0 radical (unpaired) electrons. The Bertz CT molecular complexity index is 3070. The second-order valence-corrected chi connectivity index (χ2v) is 13.2. The Morgan fingerprint density at radius 3 is 1.49 bits per heavy atom. The van der Waals surface area contributed by atoms with Crippen molar-refractivity contribution in [2.24, 2.45) is 0 Å². The molecule has 51 heavy (non-hydrogen) atoms. The Kier molecular flexibility index (Phi) is 5.92. The predicted octanol–water partition coefficient (Wildman–Crippen LogP) is 12.0. The number of pyridine rings is 1. The molecule has 0 aliphatic rings. The monoisotopic (exact) mass is 650 g/mol. The number of rotatable bonds is 4. The standard InChI is InChI=1S/C47H30N4/c1-2-14-33(15-3-1)49-40-20-8-7-19-37(40)39-29-32(30-45(47(39)49)50-41-21-9-4-16-34(41)35-17-5-10-22-42(35)50)31-25-26-44-38(28-31)36-18-6-11-23-43(36)51(44)46-24-12-13-27-48-46/h1-30H. The first-order valence-corrected chi connectivity index (χ1v) is 17.4. The quantitative estimate of drug-likeness (QED) is 0.186. The Morgan fingerprint density at radius 1 is 0.333 bits per heavy atom. The number of nitrogens with zero attached hydrogens (tertiary/aromatic N) is 4. The Labute approximate surface area is 293 Å². The van der Waals surface area contributed by atoms with Gasteiger partial charge in [0, 0.05) is 44.2 Å². The van der Waals surface area contributed by atoms with Gasteiger partial charge < -0.3 is 9.13 Å². The minimum Gasteiger partial charge on any atom is -0.307 e. The molecule has 4 aromatic heterocycles. The van der Waals surface area contributed by atoms with Crippen molar-refractivity contribution < 1.29 is 0 Å². The van der Waals surface area contributed by atoms with Gasteiger partial charge >= 0.3 is 0 Å². The lowest BCUT2D eigenvalue weighted by Crippen LogP contribution is -2.01. The van der Waals surface area contributed by atoms with Crippen LogP contribution in [0.2, 0.25) is 0 Å². The predicted molar refractivity (Wildman–Crippen MR) is 213 cm³/mol. The van der Waals surface area contributed by atoms with Crippen molar-refractivity contribution in [2.75, 3.05) is 0 Å². The fraction of sp³-hybridized carbons (Fsp3) is 0. The number of hydrogen-bond donors (Lipinski definition) is 0. The summed E-state index contributed by atoms with van der Waals surface area (Å²) in [5.74, 6) is 0.917. The van der Waals surface area contributed by atoms with Crippen LogP contribution in [0.3, 0.4) is 0 Å². The summed E-state index contributed by atoms with van der Waals surface area (Å²) < 4.78 is 7.19. The first-order chi connectivity index (χ1) is 25.3. The molecule has 238 valence electrons. The van der Waals surface area contributed by atoms with Crippen LogP contribution in [0, 0.1) is 0 Å². The van der Waals surface area contributed by atoms with E-state index in [4.69, 9.17) is 4.98 Å². The van der Waals surface area contributed by atoms with Gasteiger partial charge in [0.2, 0.25) is 0 Å². The summed E-state index contributed by atoms with van der Waals surface area (Å²) in [5.41, 5.74) is 11.7. The third-order valence-electron chi connectivity index (χ3n) is 10.5. The first-order valence-electron chi connectivity index (χ1n) is 17.4. The molecule has 4 nitrogen and oxygen atoms in total. The van der Waals surface area contributed by atoms with Crippen LogP contribution in [0.1, 0.15) is 0 Å². The average molecular weight is 651 g/mol. The van der Waals surface area contributed by atoms with Gasteiger partial charge in [-0.2, -0.15) is 0 Å². The summed E-state index contributed by atoms with van der Waals surface area (Å²) in [4.78, 5) is 4.74. The highest BCUT2D eigenvalue weighted by Gasteiger charge is 2.22. The van der Waals surface area contributed by atoms with Crippen molar-refractivity contribution in [3.05, 3.63) is 182 Å². The molecule has 0 saturated carbocycles. The van der Waals surface area contributed by atoms with Crippen LogP contribution < -0.4 is 0 Å². The minimum absolute atomic E-state index is 0.917. The van der Waals surface area contributed by atoms with Crippen molar-refractivity contribution in [1.29, 1.82) is 0 Å². The second-order valence-electron chi connectivity index (χ2n) is 13.2. The lowest BCUT2D eigenvalue weighted by atomic mass is 9.99. The molecule has 0 amide bonds. The largest absolute Gasteiger partial charge is 0.307 e. The van der Waals surface area contributed by atoms with Crippen LogP contribution in [0.15, 0.2) is 182 Å². The zero-order valence-electron chi connectivity index (χ0n) is 27.6. The van der Waals surface area contributed by atoms with Gasteiger partial charge in [0.05, 0.1) is 38.8 Å². The Balaban J connectivity index is 1.28. The normalized spacial score (nSPS) is 11.9. The van der Waals surface area contributed by atoms with Crippen LogP contribution in [-0.2, 0) is 0 Å². The highest BCUT2D eigenvalue weighted by Crippen LogP contribution is 2.43. The molecule has 0 aliphatic heterocycles. The van der Waals surface area contributed by atoms with E-state index >= 15 is 0 Å². The van der Waals surface area contributed by atoms with E-state index in [1.165, 1.54) is 65.5 Å². The van der Waals surface area contributed by atoms with Crippen LogP contribution in [0.4, 0.5) is 0 Å². The van der Waals surface area contributed by atoms with E-state index in [-0.39, 0.29) is 0 Å². The third-order valence-corrected chi connectivity index (χ3v) is 10.5. The summed E-state index contributed by atoms with van der Waals surface area (Å²) in [6.07, 6.45) is 1.86. The molecule has 4 heteroatoms. The van der Waals surface area contributed by atoms with E-state index < -0.39 is 0 Å². The van der Waals surface area contributed by atoms with E-state index in [9.17, 15) is 0 Å². The summed E-state index contributed by atoms with van der Waals surface area (Å²) in [6, 6.07) is 63.6. The lowest BCUT2D eigenvalue weighted by molar-refractivity contribution is 1.08. The van der Waals surface area contributed by atoms with E-state index in [0.29, 0.717) is 0 Å². The number of hydrogen-bond acceptors (Lipinski definition) is 1. The molecular weight excluding hydrogens is 621 g/mol. The van der Waals surface area contributed by atoms with Gasteiger partial charge in [0.1, 0.15) is 5.82 Å². The van der Waals surface area contributed by atoms with Gasteiger partial charge in [0.25, 0.3) is 0 Å². The van der Waals surface area contributed by atoms with Gasteiger partial charge in [0.15, 0.2) is 0 Å². The lowest BCUT2D eigenvalue weighted by Gasteiger charge is -2.16. The zero-order chi connectivity index (χ0) is 33.5. The summed E-state index contributed by atoms with van der Waals surface area (Å²) in [7, 11) is 0. The van der Waals surface area contributed by atoms with Gasteiger partial charge in [-0.15, -0.1) is 0 Å². The molecule has 0 bridgehead atoms. The van der Waals surface area contributed by atoms with Crippen LogP contribution in [0.5, 0.6) is 0 Å². The maximum atomic E-state index is 4.74. The van der Waals surface area contributed by atoms with Crippen molar-refractivity contribution >= 4 is 65.4 Å². The molecule has 0 N–H and O–H groups in total. The number of benzene rings is 7. The molecular formula is C47H30N4. The molecule has 4 heterocycles. The van der Waals surface area contributed by atoms with Crippen molar-refractivity contribution in [3.8, 4) is 28.3 Å².